The number of aromatic nitrogens is 2. The van der Waals surface area contributed by atoms with E-state index < -0.39 is 11.6 Å². The van der Waals surface area contributed by atoms with E-state index in [4.69, 9.17) is 0 Å². The van der Waals surface area contributed by atoms with Gasteiger partial charge >= 0.3 is 0 Å². The first-order chi connectivity index (χ1) is 10.1. The van der Waals surface area contributed by atoms with Crippen molar-refractivity contribution in [3.05, 3.63) is 71.6 Å². The predicted molar refractivity (Wildman–Crippen MR) is 73.9 cm³/mol. The summed E-state index contributed by atoms with van der Waals surface area (Å²) in [7, 11) is 0. The van der Waals surface area contributed by atoms with Crippen LogP contribution in [-0.2, 0) is 6.42 Å². The molecule has 21 heavy (non-hydrogen) atoms. The van der Waals surface area contributed by atoms with Crippen LogP contribution in [0.1, 0.15) is 16.1 Å². The summed E-state index contributed by atoms with van der Waals surface area (Å²) in [6.07, 6.45) is 1.19. The Balaban J connectivity index is 1.89. The van der Waals surface area contributed by atoms with Crippen molar-refractivity contribution in [3.63, 3.8) is 0 Å². The van der Waals surface area contributed by atoms with E-state index in [1.807, 2.05) is 6.07 Å². The van der Waals surface area contributed by atoms with Crippen molar-refractivity contribution in [3.8, 4) is 0 Å². The molecule has 0 fully saturated rings. The molecule has 0 saturated carbocycles. The summed E-state index contributed by atoms with van der Waals surface area (Å²) in [6.45, 7) is 0. The lowest BCUT2D eigenvalue weighted by Crippen LogP contribution is -2.08. The molecule has 0 bridgehead atoms. The second kappa shape index (κ2) is 5.36. The number of nitrogens with zero attached hydrogens (tertiary/aromatic N) is 2. The number of benzene rings is 2. The molecule has 5 heteroatoms. The number of carbonyl (C=O) groups excluding carboxylic acids is 1. The van der Waals surface area contributed by atoms with Crippen LogP contribution >= 0.6 is 0 Å². The average Bonchev–Trinajstić information content (AvgIpc) is 2.49. The Morgan fingerprint density at radius 2 is 1.81 bits per heavy atom. The molecule has 0 radical (unpaired) electrons. The third-order valence-corrected chi connectivity index (χ3v) is 3.10. The SMILES string of the molecule is O=C(Cc1ccc(F)cc1F)c1cnc2ccccc2n1. The third-order valence-electron chi connectivity index (χ3n) is 3.10. The summed E-state index contributed by atoms with van der Waals surface area (Å²) >= 11 is 0. The van der Waals surface area contributed by atoms with Crippen molar-refractivity contribution >= 4 is 16.8 Å². The minimum absolute atomic E-state index is 0.136. The van der Waals surface area contributed by atoms with Crippen molar-refractivity contribution < 1.29 is 13.6 Å². The number of para-hydroxylation sites is 2. The van der Waals surface area contributed by atoms with Gasteiger partial charge in [-0.2, -0.15) is 0 Å². The van der Waals surface area contributed by atoms with Crippen LogP contribution < -0.4 is 0 Å². The van der Waals surface area contributed by atoms with Crippen molar-refractivity contribution in [1.29, 1.82) is 0 Å². The van der Waals surface area contributed by atoms with E-state index in [2.05, 4.69) is 9.97 Å². The zero-order chi connectivity index (χ0) is 14.8. The molecule has 3 rings (SSSR count). The van der Waals surface area contributed by atoms with Crippen molar-refractivity contribution in [1.82, 2.24) is 9.97 Å². The number of hydrogen-bond donors (Lipinski definition) is 0. The molecule has 1 aromatic heterocycles. The normalized spacial score (nSPS) is 10.8. The Labute approximate surface area is 119 Å². The standard InChI is InChI=1S/C16H10F2N2O/c17-11-6-5-10(12(18)8-11)7-16(21)15-9-19-13-3-1-2-4-14(13)20-15/h1-6,8-9H,7H2. The molecule has 3 nitrogen and oxygen atoms in total. The van der Waals surface area contributed by atoms with Crippen LogP contribution in [0, 0.1) is 11.6 Å². The maximum absolute atomic E-state index is 13.6. The van der Waals surface area contributed by atoms with E-state index in [0.29, 0.717) is 11.0 Å². The largest absolute Gasteiger partial charge is 0.292 e. The van der Waals surface area contributed by atoms with Crippen molar-refractivity contribution in [2.24, 2.45) is 0 Å². The van der Waals surface area contributed by atoms with Gasteiger partial charge in [0.25, 0.3) is 0 Å². The van der Waals surface area contributed by atoms with Gasteiger partial charge in [0, 0.05) is 12.5 Å². The van der Waals surface area contributed by atoms with Gasteiger partial charge in [0.2, 0.25) is 0 Å². The van der Waals surface area contributed by atoms with E-state index >= 15 is 0 Å². The van der Waals surface area contributed by atoms with E-state index in [-0.39, 0.29) is 23.5 Å². The fourth-order valence-corrected chi connectivity index (χ4v) is 2.02. The highest BCUT2D eigenvalue weighted by Gasteiger charge is 2.13. The van der Waals surface area contributed by atoms with E-state index in [1.54, 1.807) is 18.2 Å². The van der Waals surface area contributed by atoms with Gasteiger partial charge in [0.05, 0.1) is 17.2 Å². The molecule has 3 aromatic rings. The molecule has 0 amide bonds. The molecule has 0 unspecified atom stereocenters. The van der Waals surface area contributed by atoms with Gasteiger partial charge in [-0.05, 0) is 23.8 Å². The number of ketones is 1. The van der Waals surface area contributed by atoms with Crippen LogP contribution in [0.3, 0.4) is 0 Å². The lowest BCUT2D eigenvalue weighted by atomic mass is 10.1. The Hall–Kier alpha value is -2.69. The number of hydrogen-bond acceptors (Lipinski definition) is 3. The summed E-state index contributed by atoms with van der Waals surface area (Å²) in [5.41, 5.74) is 1.58. The van der Waals surface area contributed by atoms with Gasteiger partial charge in [0.1, 0.15) is 17.3 Å². The quantitative estimate of drug-likeness (QED) is 0.693. The molecule has 1 heterocycles. The van der Waals surface area contributed by atoms with Gasteiger partial charge in [-0.15, -0.1) is 0 Å². The number of halogens is 2. The van der Waals surface area contributed by atoms with Crippen molar-refractivity contribution in [2.45, 2.75) is 6.42 Å². The Morgan fingerprint density at radius 1 is 1.05 bits per heavy atom. The van der Waals surface area contributed by atoms with Crippen LogP contribution in [0.25, 0.3) is 11.0 Å². The highest BCUT2D eigenvalue weighted by atomic mass is 19.1. The lowest BCUT2D eigenvalue weighted by molar-refractivity contribution is 0.0987. The van der Waals surface area contributed by atoms with E-state index in [9.17, 15) is 13.6 Å². The molecule has 0 aliphatic carbocycles. The zero-order valence-electron chi connectivity index (χ0n) is 10.9. The molecule has 0 saturated heterocycles. The van der Waals surface area contributed by atoms with Gasteiger partial charge in [-0.25, -0.2) is 13.8 Å². The van der Waals surface area contributed by atoms with Gasteiger partial charge < -0.3 is 0 Å². The monoisotopic (exact) mass is 284 g/mol. The molecule has 0 N–H and O–H groups in total. The minimum atomic E-state index is -0.739. The number of carbonyl (C=O) groups is 1. The predicted octanol–water partition coefficient (Wildman–Crippen LogP) is 3.33. The second-order valence-electron chi connectivity index (χ2n) is 4.58. The molecule has 104 valence electrons. The van der Waals surface area contributed by atoms with Crippen LogP contribution in [0.5, 0.6) is 0 Å². The third kappa shape index (κ3) is 2.76. The lowest BCUT2D eigenvalue weighted by Gasteiger charge is -2.04. The zero-order valence-corrected chi connectivity index (χ0v) is 10.9. The first-order valence-corrected chi connectivity index (χ1v) is 6.32. The smallest absolute Gasteiger partial charge is 0.187 e. The van der Waals surface area contributed by atoms with Crippen LogP contribution in [0.2, 0.25) is 0 Å². The molecule has 0 aliphatic rings. The summed E-state index contributed by atoms with van der Waals surface area (Å²) in [5, 5.41) is 0. The maximum atomic E-state index is 13.6. The van der Waals surface area contributed by atoms with Gasteiger partial charge in [0.15, 0.2) is 5.78 Å². The molecular formula is C16H10F2N2O. The maximum Gasteiger partial charge on any atom is 0.187 e. The van der Waals surface area contributed by atoms with E-state index in [0.717, 1.165) is 12.1 Å². The Morgan fingerprint density at radius 3 is 2.57 bits per heavy atom. The Kier molecular flexibility index (Phi) is 3.39. The summed E-state index contributed by atoms with van der Waals surface area (Å²) < 4.78 is 26.4. The summed E-state index contributed by atoms with van der Waals surface area (Å²) in [5.74, 6) is -1.77. The van der Waals surface area contributed by atoms with Gasteiger partial charge in [-0.1, -0.05) is 18.2 Å². The fourth-order valence-electron chi connectivity index (χ4n) is 2.02. The van der Waals surface area contributed by atoms with Crippen LogP contribution in [-0.4, -0.2) is 15.8 Å². The minimum Gasteiger partial charge on any atom is -0.292 e. The van der Waals surface area contributed by atoms with Gasteiger partial charge in [-0.3, -0.25) is 9.78 Å². The molecule has 0 atom stereocenters. The summed E-state index contributed by atoms with van der Waals surface area (Å²) in [4.78, 5) is 20.5. The molecule has 0 spiro atoms. The Bertz CT molecular complexity index is 833. The highest BCUT2D eigenvalue weighted by Crippen LogP contribution is 2.14. The number of rotatable bonds is 3. The molecule has 0 aliphatic heterocycles. The van der Waals surface area contributed by atoms with Crippen molar-refractivity contribution in [2.75, 3.05) is 0 Å². The average molecular weight is 284 g/mol. The highest BCUT2D eigenvalue weighted by molar-refractivity contribution is 5.96. The topological polar surface area (TPSA) is 42.9 Å². The molecule has 2 aromatic carbocycles. The number of Topliss-reactive ketones (excluding diaryl/α,β-unsaturated/α-hetero) is 1. The van der Waals surface area contributed by atoms with E-state index in [1.165, 1.54) is 12.3 Å². The van der Waals surface area contributed by atoms with Crippen LogP contribution in [0.4, 0.5) is 8.78 Å². The first kappa shape index (κ1) is 13.3. The molecular weight excluding hydrogens is 274 g/mol. The number of fused-ring (bicyclic) bond motifs is 1. The summed E-state index contributed by atoms with van der Waals surface area (Å²) in [6, 6.07) is 10.3. The fraction of sp³-hybridized carbons (Fsp3) is 0.0625. The second-order valence-corrected chi connectivity index (χ2v) is 4.58. The first-order valence-electron chi connectivity index (χ1n) is 6.32. The van der Waals surface area contributed by atoms with Crippen LogP contribution in [0.15, 0.2) is 48.7 Å².